The van der Waals surface area contributed by atoms with Crippen LogP contribution in [-0.2, 0) is 10.1 Å². The van der Waals surface area contributed by atoms with E-state index in [0.29, 0.717) is 4.48 Å². The Balaban J connectivity index is 2.64. The maximum Gasteiger partial charge on any atom is 0.267 e. The number of unbranched alkanes of at least 4 members (excludes halogenated alkanes) is 7. The molecule has 28 heavy (non-hydrogen) atoms. The van der Waals surface area contributed by atoms with E-state index in [4.69, 9.17) is 4.55 Å². The number of hydrogen-bond donors (Lipinski definition) is 2. The molecule has 0 radical (unpaired) electrons. The summed E-state index contributed by atoms with van der Waals surface area (Å²) in [6.45, 7) is 2.51. The molecule has 1 aromatic carbocycles. The van der Waals surface area contributed by atoms with Gasteiger partial charge in [-0.1, -0.05) is 82.2 Å². The van der Waals surface area contributed by atoms with Gasteiger partial charge in [0, 0.05) is 12.0 Å². The first-order valence-electron chi connectivity index (χ1n) is 10.7. The Kier molecular flexibility index (Phi) is 11.3. The van der Waals surface area contributed by atoms with Crippen molar-refractivity contribution in [3.8, 4) is 0 Å². The van der Waals surface area contributed by atoms with Crippen molar-refractivity contribution in [3.05, 3.63) is 35.9 Å². The van der Waals surface area contributed by atoms with Crippen LogP contribution in [0.1, 0.15) is 76.3 Å². The minimum absolute atomic E-state index is 0.178. The molecule has 6 heteroatoms. The van der Waals surface area contributed by atoms with E-state index < -0.39 is 22.0 Å². The molecule has 2 N–H and O–H groups in total. The lowest BCUT2D eigenvalue weighted by atomic mass is 9.96. The summed E-state index contributed by atoms with van der Waals surface area (Å²) in [5, 5.41) is 10.2. The Hall–Kier alpha value is -0.950. The summed E-state index contributed by atoms with van der Waals surface area (Å²) in [4.78, 5) is 0. The third-order valence-corrected chi connectivity index (χ3v) is 6.25. The quantitative estimate of drug-likeness (QED) is 0.250. The van der Waals surface area contributed by atoms with E-state index in [1.165, 1.54) is 50.5 Å². The molecule has 5 nitrogen and oxygen atoms in total. The van der Waals surface area contributed by atoms with E-state index in [1.807, 2.05) is 32.3 Å². The maximum atomic E-state index is 11.1. The van der Waals surface area contributed by atoms with E-state index in [2.05, 4.69) is 19.1 Å². The highest BCUT2D eigenvalue weighted by Gasteiger charge is 2.33. The lowest BCUT2D eigenvalue weighted by Gasteiger charge is -2.39. The normalized spacial score (nSPS) is 14.8. The van der Waals surface area contributed by atoms with Crippen molar-refractivity contribution in [2.24, 2.45) is 0 Å². The monoisotopic (exact) mass is 414 g/mol. The van der Waals surface area contributed by atoms with Crippen LogP contribution >= 0.6 is 0 Å². The highest BCUT2D eigenvalue weighted by Crippen LogP contribution is 2.31. The Morgan fingerprint density at radius 3 is 2.00 bits per heavy atom. The largest absolute Gasteiger partial charge is 0.386 e. The van der Waals surface area contributed by atoms with Crippen molar-refractivity contribution in [1.82, 2.24) is 0 Å². The lowest BCUT2D eigenvalue weighted by Crippen LogP contribution is -2.49. The van der Waals surface area contributed by atoms with E-state index in [0.717, 1.165) is 12.8 Å². The van der Waals surface area contributed by atoms with Crippen LogP contribution in [0.25, 0.3) is 0 Å². The zero-order chi connectivity index (χ0) is 21.0. The van der Waals surface area contributed by atoms with Gasteiger partial charge in [-0.05, 0) is 6.42 Å². The zero-order valence-electron chi connectivity index (χ0n) is 17.9. The molecule has 0 aromatic heterocycles. The minimum Gasteiger partial charge on any atom is -0.386 e. The number of nitrogens with zero attached hydrogens (tertiary/aromatic N) is 1. The first-order valence-corrected chi connectivity index (χ1v) is 12.3. The molecule has 162 valence electrons. The molecule has 0 heterocycles. The molecule has 2 unspecified atom stereocenters. The fourth-order valence-corrected chi connectivity index (χ4v) is 4.62. The molecule has 1 aromatic rings. The summed E-state index contributed by atoms with van der Waals surface area (Å²) in [5.41, 5.74) is 1.20. The minimum atomic E-state index is -4.18. The third kappa shape index (κ3) is 10.6. The standard InChI is InChI=1S/C22H39NO4S/c1-4-5-6-7-8-9-10-14-17-22(20-15-12-11-13-16-20)23(2,3)18-21(24)19-28(25,26)27/h11-13,15-16,21-22,24H,4-10,14,17-19H2,1-3H3/p+1. The second kappa shape index (κ2) is 12.6. The second-order valence-electron chi connectivity index (χ2n) is 8.55. The molecule has 1 rings (SSSR count). The number of likely N-dealkylation sites (N-methyl/N-ethyl adjacent to an activating group) is 1. The van der Waals surface area contributed by atoms with Crippen molar-refractivity contribution in [3.63, 3.8) is 0 Å². The van der Waals surface area contributed by atoms with Crippen molar-refractivity contribution in [2.45, 2.75) is 76.9 Å². The fourth-order valence-electron chi connectivity index (χ4n) is 4.03. The zero-order valence-corrected chi connectivity index (χ0v) is 18.7. The van der Waals surface area contributed by atoms with Crippen LogP contribution in [0.4, 0.5) is 0 Å². The molecule has 0 saturated carbocycles. The molecule has 0 amide bonds. The van der Waals surface area contributed by atoms with Crippen LogP contribution in [0, 0.1) is 0 Å². The van der Waals surface area contributed by atoms with Crippen molar-refractivity contribution in [1.29, 1.82) is 0 Å². The van der Waals surface area contributed by atoms with Gasteiger partial charge in [-0.25, -0.2) is 0 Å². The summed E-state index contributed by atoms with van der Waals surface area (Å²) in [5.74, 6) is -0.617. The first kappa shape index (κ1) is 25.1. The topological polar surface area (TPSA) is 74.6 Å². The number of aliphatic hydroxyl groups is 1. The molecule has 0 saturated heterocycles. The van der Waals surface area contributed by atoms with Crippen molar-refractivity contribution >= 4 is 10.1 Å². The number of quaternary nitrogens is 1. The maximum absolute atomic E-state index is 11.1. The van der Waals surface area contributed by atoms with Crippen molar-refractivity contribution in [2.75, 3.05) is 26.4 Å². The molecule has 0 fully saturated rings. The summed E-state index contributed by atoms with van der Waals surface area (Å²) < 4.78 is 31.7. The van der Waals surface area contributed by atoms with Gasteiger partial charge in [-0.15, -0.1) is 0 Å². The smallest absolute Gasteiger partial charge is 0.267 e. The van der Waals surface area contributed by atoms with E-state index in [1.54, 1.807) is 0 Å². The predicted octanol–water partition coefficient (Wildman–Crippen LogP) is 4.58. The van der Waals surface area contributed by atoms with Crippen LogP contribution in [0.15, 0.2) is 30.3 Å². The molecule has 2 atom stereocenters. The second-order valence-corrected chi connectivity index (χ2v) is 10.1. The number of benzene rings is 1. The Bertz CT molecular complexity index is 631. The van der Waals surface area contributed by atoms with Crippen molar-refractivity contribution < 1.29 is 22.6 Å². The number of hydrogen-bond acceptors (Lipinski definition) is 3. The van der Waals surface area contributed by atoms with Gasteiger partial charge in [-0.2, -0.15) is 8.42 Å². The number of rotatable bonds is 15. The van der Waals surface area contributed by atoms with Gasteiger partial charge < -0.3 is 9.59 Å². The molecular weight excluding hydrogens is 374 g/mol. The summed E-state index contributed by atoms with van der Waals surface area (Å²) in [6.07, 6.45) is 10.0. The lowest BCUT2D eigenvalue weighted by molar-refractivity contribution is -0.924. The van der Waals surface area contributed by atoms with Gasteiger partial charge in [0.15, 0.2) is 0 Å². The van der Waals surface area contributed by atoms with Gasteiger partial charge in [0.2, 0.25) is 0 Å². The average molecular weight is 415 g/mol. The highest BCUT2D eigenvalue weighted by atomic mass is 32.2. The van der Waals surface area contributed by atoms with Crippen LogP contribution in [-0.4, -0.2) is 55.1 Å². The van der Waals surface area contributed by atoms with Gasteiger partial charge >= 0.3 is 0 Å². The Labute approximate surface area is 172 Å². The highest BCUT2D eigenvalue weighted by molar-refractivity contribution is 7.85. The summed E-state index contributed by atoms with van der Waals surface area (Å²) in [7, 11) is -0.133. The number of aliphatic hydroxyl groups excluding tert-OH is 1. The van der Waals surface area contributed by atoms with Crippen LogP contribution in [0.3, 0.4) is 0 Å². The SMILES string of the molecule is CCCCCCCCCCC(c1ccccc1)[N+](C)(C)CC(O)CS(=O)(=O)O. The van der Waals surface area contributed by atoms with Crippen LogP contribution in [0.2, 0.25) is 0 Å². The average Bonchev–Trinajstić information content (AvgIpc) is 2.58. The molecule has 0 aliphatic heterocycles. The molecule has 0 aliphatic rings. The van der Waals surface area contributed by atoms with Crippen LogP contribution < -0.4 is 0 Å². The van der Waals surface area contributed by atoms with E-state index in [9.17, 15) is 13.5 Å². The van der Waals surface area contributed by atoms with Gasteiger partial charge in [0.1, 0.15) is 24.4 Å². The molecule has 0 bridgehead atoms. The summed E-state index contributed by atoms with van der Waals surface area (Å²) in [6, 6.07) is 10.4. The predicted molar refractivity (Wildman–Crippen MR) is 116 cm³/mol. The molecular formula is C22H40NO4S+. The Morgan fingerprint density at radius 2 is 1.46 bits per heavy atom. The first-order chi connectivity index (χ1) is 13.2. The van der Waals surface area contributed by atoms with E-state index in [-0.39, 0.29) is 12.6 Å². The molecule has 0 aliphatic carbocycles. The van der Waals surface area contributed by atoms with Crippen LogP contribution in [0.5, 0.6) is 0 Å². The van der Waals surface area contributed by atoms with E-state index >= 15 is 0 Å². The van der Waals surface area contributed by atoms with Gasteiger partial charge in [0.05, 0.1) is 14.1 Å². The summed E-state index contributed by atoms with van der Waals surface area (Å²) >= 11 is 0. The van der Waals surface area contributed by atoms with Gasteiger partial charge in [0.25, 0.3) is 10.1 Å². The Morgan fingerprint density at radius 1 is 0.929 bits per heavy atom. The fraction of sp³-hybridized carbons (Fsp3) is 0.727. The molecule has 0 spiro atoms. The van der Waals surface area contributed by atoms with Gasteiger partial charge in [-0.3, -0.25) is 4.55 Å². The third-order valence-electron chi connectivity index (χ3n) is 5.44.